The van der Waals surface area contributed by atoms with Crippen LogP contribution in [0.25, 0.3) is 0 Å². The maximum absolute atomic E-state index is 13.0. The van der Waals surface area contributed by atoms with Crippen molar-refractivity contribution in [3.63, 3.8) is 0 Å². The van der Waals surface area contributed by atoms with E-state index >= 15 is 0 Å². The molecule has 0 aromatic carbocycles. The molecule has 212 valence electrons. The van der Waals surface area contributed by atoms with Gasteiger partial charge in [-0.3, -0.25) is 4.90 Å². The lowest BCUT2D eigenvalue weighted by Crippen LogP contribution is -2.57. The molecule has 2 aliphatic heterocycles. The molecule has 2 aromatic rings. The van der Waals surface area contributed by atoms with Crippen LogP contribution in [0.1, 0.15) is 18.4 Å². The molecule has 2 saturated heterocycles. The molecule has 4 rings (SSSR count). The molecule has 1 spiro atoms. The highest BCUT2D eigenvalue weighted by atomic mass is 32.1. The van der Waals surface area contributed by atoms with Crippen molar-refractivity contribution in [1.82, 2.24) is 14.9 Å². The summed E-state index contributed by atoms with van der Waals surface area (Å²) in [5, 5.41) is 18.6. The summed E-state index contributed by atoms with van der Waals surface area (Å²) < 4.78 is 82.7. The second kappa shape index (κ2) is 13.1. The number of nitrogens with zero attached hydrogens (tertiary/aromatic N) is 4. The largest absolute Gasteiger partial charge is 0.490 e. The quantitative estimate of drug-likeness (QED) is 0.527. The molecule has 0 saturated carbocycles. The fourth-order valence-electron chi connectivity index (χ4n) is 3.55. The van der Waals surface area contributed by atoms with Crippen LogP contribution in [-0.4, -0.2) is 87.8 Å². The van der Waals surface area contributed by atoms with Gasteiger partial charge in [0.05, 0.1) is 31.1 Å². The number of alkyl halides is 6. The number of hydrogen-bond donors (Lipinski definition) is 2. The summed E-state index contributed by atoms with van der Waals surface area (Å²) in [6.07, 6.45) is -5.69. The Hall–Kier alpha value is -3.05. The van der Waals surface area contributed by atoms with Crippen LogP contribution in [-0.2, 0) is 20.9 Å². The predicted octanol–water partition coefficient (Wildman–Crippen LogP) is 3.82. The number of carbonyl (C=O) groups is 2. The van der Waals surface area contributed by atoms with Gasteiger partial charge < -0.3 is 19.8 Å². The monoisotopic (exact) mass is 576 g/mol. The van der Waals surface area contributed by atoms with E-state index in [-0.39, 0.29) is 5.60 Å². The zero-order valence-electron chi connectivity index (χ0n) is 19.5. The summed E-state index contributed by atoms with van der Waals surface area (Å²) in [4.78, 5) is 30.6. The lowest BCUT2D eigenvalue weighted by molar-refractivity contribution is -0.193. The maximum Gasteiger partial charge on any atom is 0.490 e. The summed E-state index contributed by atoms with van der Waals surface area (Å²) in [5.74, 6) is -5.32. The zero-order chi connectivity index (χ0) is 28.6. The first kappa shape index (κ1) is 31.2. The number of carboxylic acid groups (broad SMARTS) is 2. The number of rotatable bonds is 3. The topological polar surface area (TPSA) is 116 Å². The number of thiophene rings is 1. The second-order valence-corrected chi connectivity index (χ2v) is 8.95. The van der Waals surface area contributed by atoms with E-state index in [9.17, 15) is 30.7 Å². The van der Waals surface area contributed by atoms with Crippen LogP contribution in [0.15, 0.2) is 29.2 Å². The summed E-state index contributed by atoms with van der Waals surface area (Å²) in [6, 6.07) is 2.19. The molecule has 2 aliphatic rings. The molecule has 0 radical (unpaired) electrons. The molecule has 4 heterocycles. The van der Waals surface area contributed by atoms with Crippen LogP contribution < -0.4 is 4.90 Å². The number of morpholine rings is 1. The van der Waals surface area contributed by atoms with Crippen LogP contribution in [0.4, 0.5) is 36.7 Å². The number of likely N-dealkylation sites (tertiary alicyclic amines) is 1. The number of anilines is 1. The first-order chi connectivity index (χ1) is 17.6. The standard InChI is InChI=1S/C17H21FN4OS.2C2HF3O2/c18-15-9-19-16(20-10-15)22-6-7-23-17(13-22)2-4-21(5-3-17)11-14-1-8-24-12-14;2*3-2(4,5)1(6)7/h1,8-10,12H,2-7,11,13H2;2*(H,6,7). The first-order valence-electron chi connectivity index (χ1n) is 10.8. The minimum atomic E-state index is -5.08. The average Bonchev–Trinajstić information content (AvgIpc) is 3.34. The third kappa shape index (κ3) is 10.0. The Morgan fingerprint density at radius 3 is 1.97 bits per heavy atom. The Bertz CT molecular complexity index is 1000. The van der Waals surface area contributed by atoms with Gasteiger partial charge in [0.15, 0.2) is 5.82 Å². The number of carboxylic acids is 2. The summed E-state index contributed by atoms with van der Waals surface area (Å²) in [5.41, 5.74) is 1.27. The van der Waals surface area contributed by atoms with Crippen LogP contribution in [0, 0.1) is 5.82 Å². The van der Waals surface area contributed by atoms with Gasteiger partial charge in [-0.1, -0.05) is 0 Å². The molecule has 2 aromatic heterocycles. The number of hydrogen-bond acceptors (Lipinski definition) is 8. The molecule has 0 bridgehead atoms. The van der Waals surface area contributed by atoms with Gasteiger partial charge in [0, 0.05) is 26.2 Å². The Labute approximate surface area is 215 Å². The van der Waals surface area contributed by atoms with Gasteiger partial charge in [0.25, 0.3) is 0 Å². The van der Waals surface area contributed by atoms with Crippen molar-refractivity contribution in [1.29, 1.82) is 0 Å². The van der Waals surface area contributed by atoms with Gasteiger partial charge in [-0.25, -0.2) is 23.9 Å². The molecule has 0 atom stereocenters. The molecule has 0 amide bonds. The normalized spacial score (nSPS) is 17.6. The minimum Gasteiger partial charge on any atom is -0.475 e. The predicted molar refractivity (Wildman–Crippen MR) is 119 cm³/mol. The summed E-state index contributed by atoms with van der Waals surface area (Å²) in [6.45, 7) is 5.30. The molecule has 0 unspecified atom stereocenters. The average molecular weight is 576 g/mol. The van der Waals surface area contributed by atoms with Crippen LogP contribution in [0.3, 0.4) is 0 Å². The van der Waals surface area contributed by atoms with E-state index in [2.05, 4.69) is 36.6 Å². The number of piperidine rings is 1. The maximum atomic E-state index is 13.0. The third-order valence-electron chi connectivity index (χ3n) is 5.38. The summed E-state index contributed by atoms with van der Waals surface area (Å²) >= 11 is 1.75. The van der Waals surface area contributed by atoms with Crippen LogP contribution >= 0.6 is 11.3 Å². The minimum absolute atomic E-state index is 0.124. The summed E-state index contributed by atoms with van der Waals surface area (Å²) in [7, 11) is 0. The molecule has 2 fully saturated rings. The Balaban J connectivity index is 0.000000301. The van der Waals surface area contributed by atoms with Crippen molar-refractivity contribution >= 4 is 29.2 Å². The molecule has 38 heavy (non-hydrogen) atoms. The number of aliphatic carboxylic acids is 2. The fraction of sp³-hybridized carbons (Fsp3) is 0.524. The molecular formula is C21H23F7N4O5S. The van der Waals surface area contributed by atoms with Gasteiger partial charge in [-0.15, -0.1) is 0 Å². The van der Waals surface area contributed by atoms with E-state index in [4.69, 9.17) is 24.5 Å². The molecule has 0 aliphatic carbocycles. The van der Waals surface area contributed by atoms with E-state index in [0.717, 1.165) is 45.6 Å². The van der Waals surface area contributed by atoms with Gasteiger partial charge in [0.2, 0.25) is 5.95 Å². The van der Waals surface area contributed by atoms with Crippen molar-refractivity contribution in [2.45, 2.75) is 37.3 Å². The smallest absolute Gasteiger partial charge is 0.475 e. The highest BCUT2D eigenvalue weighted by Crippen LogP contribution is 2.32. The van der Waals surface area contributed by atoms with Gasteiger partial charge in [-0.2, -0.15) is 37.7 Å². The van der Waals surface area contributed by atoms with E-state index in [1.165, 1.54) is 18.0 Å². The fourth-order valence-corrected chi connectivity index (χ4v) is 4.21. The first-order valence-corrected chi connectivity index (χ1v) is 11.8. The van der Waals surface area contributed by atoms with Crippen molar-refractivity contribution in [2.24, 2.45) is 0 Å². The van der Waals surface area contributed by atoms with Crippen molar-refractivity contribution in [2.75, 3.05) is 37.7 Å². The Kier molecular flexibility index (Phi) is 10.8. The number of aromatic nitrogens is 2. The van der Waals surface area contributed by atoms with E-state index in [1.54, 1.807) is 11.3 Å². The molecule has 9 nitrogen and oxygen atoms in total. The van der Waals surface area contributed by atoms with Gasteiger partial charge >= 0.3 is 24.3 Å². The zero-order valence-corrected chi connectivity index (χ0v) is 20.3. The van der Waals surface area contributed by atoms with Crippen LogP contribution in [0.5, 0.6) is 0 Å². The lowest BCUT2D eigenvalue weighted by atomic mass is 9.89. The van der Waals surface area contributed by atoms with E-state index < -0.39 is 30.1 Å². The van der Waals surface area contributed by atoms with Crippen LogP contribution in [0.2, 0.25) is 0 Å². The van der Waals surface area contributed by atoms with Crippen molar-refractivity contribution in [3.05, 3.63) is 40.6 Å². The second-order valence-electron chi connectivity index (χ2n) is 8.17. The van der Waals surface area contributed by atoms with Gasteiger partial charge in [-0.05, 0) is 35.2 Å². The molecule has 2 N–H and O–H groups in total. The van der Waals surface area contributed by atoms with Gasteiger partial charge in [0.1, 0.15) is 0 Å². The highest BCUT2D eigenvalue weighted by molar-refractivity contribution is 7.07. The number of halogens is 7. The van der Waals surface area contributed by atoms with Crippen molar-refractivity contribution < 1.29 is 55.3 Å². The Morgan fingerprint density at radius 2 is 1.53 bits per heavy atom. The molecular weight excluding hydrogens is 553 g/mol. The highest BCUT2D eigenvalue weighted by Gasteiger charge is 2.41. The van der Waals surface area contributed by atoms with E-state index in [1.807, 2.05) is 0 Å². The lowest BCUT2D eigenvalue weighted by Gasteiger charge is -2.47. The third-order valence-corrected chi connectivity index (χ3v) is 6.11. The number of ether oxygens (including phenoxy) is 1. The molecule has 17 heteroatoms. The van der Waals surface area contributed by atoms with Crippen molar-refractivity contribution in [3.8, 4) is 0 Å². The van der Waals surface area contributed by atoms with E-state index in [0.29, 0.717) is 12.6 Å². The SMILES string of the molecule is Fc1cnc(N2CCOC3(CCN(Cc4ccsc4)CC3)C2)nc1.O=C(O)C(F)(F)F.O=C(O)C(F)(F)F. The Morgan fingerprint density at radius 1 is 1.00 bits per heavy atom.